The van der Waals surface area contributed by atoms with Crippen LogP contribution in [0.5, 0.6) is 0 Å². The number of rotatable bonds is 21. The van der Waals surface area contributed by atoms with Crippen LogP contribution < -0.4 is 43.0 Å². The van der Waals surface area contributed by atoms with Crippen molar-refractivity contribution in [2.75, 3.05) is 6.54 Å². The average molecular weight is 745 g/mol. The summed E-state index contributed by atoms with van der Waals surface area (Å²) < 4.78 is 0. The van der Waals surface area contributed by atoms with Crippen molar-refractivity contribution >= 4 is 53.2 Å². The van der Waals surface area contributed by atoms with E-state index in [0.29, 0.717) is 12.0 Å². The van der Waals surface area contributed by atoms with Gasteiger partial charge in [-0.05, 0) is 38.2 Å². The first kappa shape index (κ1) is 45.2. The molecule has 0 saturated heterocycles. The summed E-state index contributed by atoms with van der Waals surface area (Å²) in [6.45, 7) is 10.4. The molecule has 0 aliphatic rings. The largest absolute Gasteiger partial charge is 0.480 e. The normalized spacial score (nSPS) is 14.9. The Morgan fingerprint density at radius 3 is 1.62 bits per heavy atom. The maximum Gasteiger partial charge on any atom is 0.326 e. The molecule has 0 bridgehead atoms. The number of benzene rings is 1. The summed E-state index contributed by atoms with van der Waals surface area (Å²) in [4.78, 5) is 111. The van der Waals surface area contributed by atoms with Crippen molar-refractivity contribution in [3.05, 3.63) is 48.0 Å². The van der Waals surface area contributed by atoms with E-state index in [1.807, 2.05) is 0 Å². The Hall–Kier alpha value is -5.81. The predicted molar refractivity (Wildman–Crippen MR) is 192 cm³/mol. The summed E-state index contributed by atoms with van der Waals surface area (Å²) in [7, 11) is 0. The zero-order chi connectivity index (χ0) is 40.4. The van der Waals surface area contributed by atoms with Crippen molar-refractivity contribution in [2.45, 2.75) is 97.6 Å². The van der Waals surface area contributed by atoms with Gasteiger partial charge in [-0.15, -0.1) is 0 Å². The highest BCUT2D eigenvalue weighted by Crippen LogP contribution is 2.09. The Kier molecular flexibility index (Phi) is 18.9. The number of aliphatic carboxylic acids is 1. The van der Waals surface area contributed by atoms with Gasteiger partial charge in [-0.1, -0.05) is 64.4 Å². The lowest BCUT2D eigenvalue weighted by atomic mass is 9.97. The van der Waals surface area contributed by atoms with E-state index in [2.05, 4.69) is 37.2 Å². The van der Waals surface area contributed by atoms with Crippen LogP contribution in [0.3, 0.4) is 0 Å². The smallest absolute Gasteiger partial charge is 0.326 e. The summed E-state index contributed by atoms with van der Waals surface area (Å²) in [5, 5.41) is 26.3. The molecule has 53 heavy (non-hydrogen) atoms. The number of carboxylic acids is 1. The van der Waals surface area contributed by atoms with E-state index in [0.717, 1.165) is 12.2 Å². The van der Waals surface area contributed by atoms with E-state index >= 15 is 0 Å². The predicted octanol–water partition coefficient (Wildman–Crippen LogP) is -1.86. The minimum atomic E-state index is -1.25. The van der Waals surface area contributed by atoms with Crippen LogP contribution >= 0.6 is 0 Å². The second kappa shape index (κ2) is 22.2. The third-order valence-electron chi connectivity index (χ3n) is 8.05. The van der Waals surface area contributed by atoms with Gasteiger partial charge in [-0.3, -0.25) is 38.4 Å². The van der Waals surface area contributed by atoms with Gasteiger partial charge in [0.05, 0.1) is 6.54 Å². The molecule has 0 heterocycles. The molecule has 18 nitrogen and oxygen atoms in total. The maximum atomic E-state index is 13.1. The van der Waals surface area contributed by atoms with Gasteiger partial charge in [0.25, 0.3) is 0 Å². The standard InChI is InChI=1S/C35H52N8O10/c1-8-19(4)29(34(51)40-22(7)33(50)42-28(18(2)3)30(36)47)43-32(49)21(6)39-26(45)15-14-25(44)38-20(5)31(48)37-17-27(46)41-24(35(52)53)16-23-12-10-9-11-13-23/h9-15,18-22,24,28-29H,8,16-17H2,1-7H3,(H2,36,47)(H,37,48)(H,38,44)(H,39,45)(H,40,51)(H,41,46)(H,42,50)(H,43,49)(H,52,53)/b15-14+/t19-,20-,21-,22-,24-,28-,29-/m0/s1. The Bertz CT molecular complexity index is 1520. The molecule has 1 aromatic carbocycles. The molecule has 0 saturated carbocycles. The molecule has 0 radical (unpaired) electrons. The van der Waals surface area contributed by atoms with Gasteiger partial charge >= 0.3 is 5.97 Å². The number of nitrogens with one attached hydrogen (secondary N) is 7. The van der Waals surface area contributed by atoms with Gasteiger partial charge in [0.1, 0.15) is 36.3 Å². The fraction of sp³-hybridized carbons (Fsp3) is 0.514. The van der Waals surface area contributed by atoms with Crippen LogP contribution in [0.2, 0.25) is 0 Å². The summed E-state index contributed by atoms with van der Waals surface area (Å²) in [6.07, 6.45) is 2.15. The Morgan fingerprint density at radius 2 is 1.15 bits per heavy atom. The van der Waals surface area contributed by atoms with E-state index < -0.39 is 96.0 Å². The molecule has 0 spiro atoms. The fourth-order valence-electron chi connectivity index (χ4n) is 4.61. The zero-order valence-corrected chi connectivity index (χ0v) is 31.0. The third kappa shape index (κ3) is 16.4. The van der Waals surface area contributed by atoms with Crippen LogP contribution in [0, 0.1) is 11.8 Å². The number of hydrogen-bond donors (Lipinski definition) is 9. The minimum absolute atomic E-state index is 0.0307. The zero-order valence-electron chi connectivity index (χ0n) is 31.0. The first-order chi connectivity index (χ1) is 24.8. The van der Waals surface area contributed by atoms with Gasteiger partial charge in [0, 0.05) is 18.6 Å². The molecule has 0 aliphatic carbocycles. The summed E-state index contributed by atoms with van der Waals surface area (Å²) in [5.41, 5.74) is 6.03. The van der Waals surface area contributed by atoms with Gasteiger partial charge in [0.2, 0.25) is 47.3 Å². The quantitative estimate of drug-likeness (QED) is 0.0633. The second-order valence-corrected chi connectivity index (χ2v) is 12.9. The highest BCUT2D eigenvalue weighted by Gasteiger charge is 2.31. The van der Waals surface area contributed by atoms with Crippen molar-refractivity contribution in [3.8, 4) is 0 Å². The molecule has 1 rings (SSSR count). The number of hydrogen-bond acceptors (Lipinski definition) is 9. The molecule has 18 heteroatoms. The molecule has 0 aliphatic heterocycles. The lowest BCUT2D eigenvalue weighted by Crippen LogP contribution is -2.59. The first-order valence-corrected chi connectivity index (χ1v) is 17.1. The van der Waals surface area contributed by atoms with Gasteiger partial charge < -0.3 is 48.1 Å². The molecule has 292 valence electrons. The van der Waals surface area contributed by atoms with E-state index in [-0.39, 0.29) is 18.3 Å². The molecule has 1 aromatic rings. The van der Waals surface area contributed by atoms with Gasteiger partial charge in [-0.2, -0.15) is 0 Å². The van der Waals surface area contributed by atoms with Crippen LogP contribution in [0.25, 0.3) is 0 Å². The first-order valence-electron chi connectivity index (χ1n) is 17.1. The van der Waals surface area contributed by atoms with Crippen LogP contribution in [0.15, 0.2) is 42.5 Å². The van der Waals surface area contributed by atoms with Crippen molar-refractivity contribution < 1.29 is 48.3 Å². The molecular weight excluding hydrogens is 692 g/mol. The summed E-state index contributed by atoms with van der Waals surface area (Å²) in [5.74, 6) is -7.91. The van der Waals surface area contributed by atoms with Crippen molar-refractivity contribution in [1.82, 2.24) is 37.2 Å². The second-order valence-electron chi connectivity index (χ2n) is 12.9. The number of primary amides is 1. The summed E-state index contributed by atoms with van der Waals surface area (Å²) in [6, 6.07) is 2.00. The van der Waals surface area contributed by atoms with Crippen LogP contribution in [-0.2, 0) is 49.6 Å². The highest BCUT2D eigenvalue weighted by atomic mass is 16.4. The van der Waals surface area contributed by atoms with Crippen LogP contribution in [-0.4, -0.2) is 101 Å². The van der Waals surface area contributed by atoms with Crippen molar-refractivity contribution in [3.63, 3.8) is 0 Å². The molecule has 0 aromatic heterocycles. The molecule has 7 atom stereocenters. The SMILES string of the molecule is CC[C@H](C)[C@H](NC(=O)[C@H](C)NC(=O)/C=C/C(=O)N[C@@H](C)C(=O)NCC(=O)N[C@@H](Cc1ccccc1)C(=O)O)C(=O)N[C@@H](C)C(=O)N[C@H](C(N)=O)C(C)C. The van der Waals surface area contributed by atoms with Gasteiger partial charge in [-0.25, -0.2) is 4.79 Å². The molecular formula is C35H52N8O10. The van der Waals surface area contributed by atoms with E-state index in [4.69, 9.17) is 5.73 Å². The average Bonchev–Trinajstić information content (AvgIpc) is 3.09. The summed E-state index contributed by atoms with van der Waals surface area (Å²) >= 11 is 0. The molecule has 8 amide bonds. The Balaban J connectivity index is 2.64. The number of carbonyl (C=O) groups excluding carboxylic acids is 8. The number of amides is 8. The molecule has 0 fully saturated rings. The highest BCUT2D eigenvalue weighted by molar-refractivity contribution is 6.00. The van der Waals surface area contributed by atoms with Crippen molar-refractivity contribution in [1.29, 1.82) is 0 Å². The Labute approximate surface area is 308 Å². The van der Waals surface area contributed by atoms with Crippen molar-refractivity contribution in [2.24, 2.45) is 17.6 Å². The number of carbonyl (C=O) groups is 9. The van der Waals surface area contributed by atoms with Crippen LogP contribution in [0.4, 0.5) is 0 Å². The lowest BCUT2D eigenvalue weighted by Gasteiger charge is -2.27. The number of carboxylic acid groups (broad SMARTS) is 1. The monoisotopic (exact) mass is 744 g/mol. The minimum Gasteiger partial charge on any atom is -0.480 e. The number of nitrogens with two attached hydrogens (primary N) is 1. The van der Waals surface area contributed by atoms with Gasteiger partial charge in [0.15, 0.2) is 0 Å². The Morgan fingerprint density at radius 1 is 0.660 bits per heavy atom. The van der Waals surface area contributed by atoms with E-state index in [9.17, 15) is 48.3 Å². The maximum absolute atomic E-state index is 13.1. The fourth-order valence-corrected chi connectivity index (χ4v) is 4.61. The van der Waals surface area contributed by atoms with E-state index in [1.165, 1.54) is 20.8 Å². The van der Waals surface area contributed by atoms with E-state index in [1.54, 1.807) is 58.0 Å². The topological polar surface area (TPSA) is 284 Å². The molecule has 10 N–H and O–H groups in total. The lowest BCUT2D eigenvalue weighted by molar-refractivity contribution is -0.141. The third-order valence-corrected chi connectivity index (χ3v) is 8.05. The van der Waals surface area contributed by atoms with Crippen LogP contribution in [0.1, 0.15) is 60.5 Å². The molecule has 0 unspecified atom stereocenters.